The summed E-state index contributed by atoms with van der Waals surface area (Å²) >= 11 is 0. The normalized spacial score (nSPS) is 10.5. The molecule has 0 aliphatic carbocycles. The van der Waals surface area contributed by atoms with Crippen LogP contribution in [0.15, 0.2) is 27.4 Å². The highest BCUT2D eigenvalue weighted by Gasteiger charge is 2.18. The van der Waals surface area contributed by atoms with Crippen LogP contribution in [0.4, 0.5) is 0 Å². The number of phenols is 1. The van der Waals surface area contributed by atoms with E-state index in [0.29, 0.717) is 10.9 Å². The molecule has 0 saturated heterocycles. The molecule has 0 unspecified atom stereocenters. The monoisotopic (exact) mass is 234 g/mol. The van der Waals surface area contributed by atoms with E-state index in [4.69, 9.17) is 4.42 Å². The quantitative estimate of drug-likeness (QED) is 0.599. The highest BCUT2D eigenvalue weighted by atomic mass is 16.5. The van der Waals surface area contributed by atoms with Gasteiger partial charge in [0, 0.05) is 11.5 Å². The minimum absolute atomic E-state index is 0.00846. The fraction of sp³-hybridized carbons (Fsp3) is 0.167. The summed E-state index contributed by atoms with van der Waals surface area (Å²) in [6.07, 6.45) is 0. The summed E-state index contributed by atoms with van der Waals surface area (Å²) in [5.41, 5.74) is -0.179. The Morgan fingerprint density at radius 3 is 2.76 bits per heavy atom. The Morgan fingerprint density at radius 2 is 2.12 bits per heavy atom. The molecule has 0 fully saturated rings. The minimum Gasteiger partial charge on any atom is -0.508 e. The van der Waals surface area contributed by atoms with Crippen LogP contribution >= 0.6 is 0 Å². The zero-order chi connectivity index (χ0) is 12.6. The highest BCUT2D eigenvalue weighted by molar-refractivity contribution is 5.96. The Balaban J connectivity index is 2.85. The first-order valence-corrected chi connectivity index (χ1v) is 4.89. The van der Waals surface area contributed by atoms with Crippen molar-refractivity contribution < 1.29 is 19.1 Å². The Labute approximate surface area is 96.2 Å². The van der Waals surface area contributed by atoms with Crippen molar-refractivity contribution in [3.05, 3.63) is 39.7 Å². The van der Waals surface area contributed by atoms with Crippen molar-refractivity contribution in [1.29, 1.82) is 0 Å². The maximum Gasteiger partial charge on any atom is 0.351 e. The summed E-state index contributed by atoms with van der Waals surface area (Å²) in [4.78, 5) is 23.1. The predicted molar refractivity (Wildman–Crippen MR) is 60.2 cm³/mol. The molecule has 88 valence electrons. The van der Waals surface area contributed by atoms with E-state index in [1.54, 1.807) is 13.0 Å². The van der Waals surface area contributed by atoms with Gasteiger partial charge in [-0.1, -0.05) is 0 Å². The van der Waals surface area contributed by atoms with Gasteiger partial charge < -0.3 is 14.3 Å². The number of esters is 1. The molecule has 0 amide bonds. The molecule has 5 nitrogen and oxygen atoms in total. The fourth-order valence-electron chi connectivity index (χ4n) is 1.68. The lowest BCUT2D eigenvalue weighted by Crippen LogP contribution is -2.17. The van der Waals surface area contributed by atoms with Gasteiger partial charge in [0.2, 0.25) is 0 Å². The number of methoxy groups -OCH3 is 1. The third kappa shape index (κ3) is 1.75. The second kappa shape index (κ2) is 3.93. The van der Waals surface area contributed by atoms with Crippen LogP contribution in [-0.4, -0.2) is 18.2 Å². The van der Waals surface area contributed by atoms with Gasteiger partial charge in [0.1, 0.15) is 16.9 Å². The molecule has 2 aromatic rings. The molecule has 2 rings (SSSR count). The average Bonchev–Trinajstić information content (AvgIpc) is 2.28. The van der Waals surface area contributed by atoms with Crippen molar-refractivity contribution >= 4 is 16.9 Å². The molecule has 0 radical (unpaired) electrons. The van der Waals surface area contributed by atoms with E-state index in [1.807, 2.05) is 0 Å². The number of hydrogen-bond acceptors (Lipinski definition) is 5. The molecular weight excluding hydrogens is 224 g/mol. The molecule has 0 saturated carbocycles. The van der Waals surface area contributed by atoms with Crippen molar-refractivity contribution in [2.45, 2.75) is 6.92 Å². The van der Waals surface area contributed by atoms with E-state index in [1.165, 1.54) is 19.2 Å². The van der Waals surface area contributed by atoms with Crippen molar-refractivity contribution in [1.82, 2.24) is 0 Å². The van der Waals surface area contributed by atoms with Gasteiger partial charge in [-0.2, -0.15) is 0 Å². The molecule has 0 bridgehead atoms. The van der Waals surface area contributed by atoms with Gasteiger partial charge in [0.05, 0.1) is 7.11 Å². The SMILES string of the molecule is COC(=O)c1c(C)c2ccc(O)cc2oc1=O. The third-order valence-corrected chi connectivity index (χ3v) is 2.54. The number of hydrogen-bond donors (Lipinski definition) is 1. The smallest absolute Gasteiger partial charge is 0.351 e. The molecule has 0 spiro atoms. The molecule has 1 heterocycles. The van der Waals surface area contributed by atoms with Gasteiger partial charge >= 0.3 is 11.6 Å². The van der Waals surface area contributed by atoms with Crippen molar-refractivity contribution in [2.75, 3.05) is 7.11 Å². The predicted octanol–water partition coefficient (Wildman–Crippen LogP) is 1.59. The number of rotatable bonds is 1. The topological polar surface area (TPSA) is 76.7 Å². The summed E-state index contributed by atoms with van der Waals surface area (Å²) in [6.45, 7) is 1.63. The molecular formula is C12H10O5. The fourth-order valence-corrected chi connectivity index (χ4v) is 1.68. The van der Waals surface area contributed by atoms with Gasteiger partial charge in [-0.15, -0.1) is 0 Å². The molecule has 0 atom stereocenters. The number of phenolic OH excluding ortho intramolecular Hbond substituents is 1. The summed E-state index contributed by atoms with van der Waals surface area (Å²) in [7, 11) is 1.20. The van der Waals surface area contributed by atoms with Crippen LogP contribution in [0.1, 0.15) is 15.9 Å². The minimum atomic E-state index is -0.771. The van der Waals surface area contributed by atoms with Gasteiger partial charge in [0.15, 0.2) is 0 Å². The number of carbonyl (C=O) groups is 1. The maximum absolute atomic E-state index is 11.6. The zero-order valence-electron chi connectivity index (χ0n) is 9.31. The van der Waals surface area contributed by atoms with Crippen LogP contribution in [0.5, 0.6) is 5.75 Å². The number of aromatic hydroxyl groups is 1. The van der Waals surface area contributed by atoms with Crippen LogP contribution < -0.4 is 5.63 Å². The Kier molecular flexibility index (Phi) is 2.59. The van der Waals surface area contributed by atoms with Crippen LogP contribution in [0.2, 0.25) is 0 Å². The van der Waals surface area contributed by atoms with E-state index < -0.39 is 11.6 Å². The molecule has 0 aliphatic rings. The second-order valence-corrected chi connectivity index (χ2v) is 3.56. The zero-order valence-corrected chi connectivity index (χ0v) is 9.31. The molecule has 1 aromatic carbocycles. The van der Waals surface area contributed by atoms with Gasteiger partial charge in [0.25, 0.3) is 0 Å². The first-order valence-electron chi connectivity index (χ1n) is 4.89. The van der Waals surface area contributed by atoms with Gasteiger partial charge in [-0.3, -0.25) is 0 Å². The molecule has 0 aliphatic heterocycles. The Bertz CT molecular complexity index is 654. The second-order valence-electron chi connectivity index (χ2n) is 3.56. The first kappa shape index (κ1) is 11.2. The number of fused-ring (bicyclic) bond motifs is 1. The number of ether oxygens (including phenoxy) is 1. The Hall–Kier alpha value is -2.30. The van der Waals surface area contributed by atoms with Gasteiger partial charge in [-0.25, -0.2) is 9.59 Å². The van der Waals surface area contributed by atoms with E-state index in [-0.39, 0.29) is 16.9 Å². The van der Waals surface area contributed by atoms with E-state index >= 15 is 0 Å². The molecule has 1 aromatic heterocycles. The maximum atomic E-state index is 11.6. The van der Waals surface area contributed by atoms with Crippen LogP contribution in [-0.2, 0) is 4.74 Å². The lowest BCUT2D eigenvalue weighted by molar-refractivity contribution is 0.0595. The largest absolute Gasteiger partial charge is 0.508 e. The number of carbonyl (C=O) groups excluding carboxylic acids is 1. The van der Waals surface area contributed by atoms with Crippen molar-refractivity contribution in [3.63, 3.8) is 0 Å². The van der Waals surface area contributed by atoms with Crippen molar-refractivity contribution in [3.8, 4) is 5.75 Å². The van der Waals surface area contributed by atoms with Gasteiger partial charge in [-0.05, 0) is 24.6 Å². The average molecular weight is 234 g/mol. The Morgan fingerprint density at radius 1 is 1.41 bits per heavy atom. The lowest BCUT2D eigenvalue weighted by Gasteiger charge is -2.05. The van der Waals surface area contributed by atoms with Crippen LogP contribution in [0.3, 0.4) is 0 Å². The highest BCUT2D eigenvalue weighted by Crippen LogP contribution is 2.23. The first-order chi connectivity index (χ1) is 8.04. The van der Waals surface area contributed by atoms with Crippen LogP contribution in [0, 0.1) is 6.92 Å². The number of benzene rings is 1. The molecule has 1 N–H and O–H groups in total. The third-order valence-electron chi connectivity index (χ3n) is 2.54. The van der Waals surface area contributed by atoms with Crippen LogP contribution in [0.25, 0.3) is 11.0 Å². The van der Waals surface area contributed by atoms with E-state index in [0.717, 1.165) is 0 Å². The number of aryl methyl sites for hydroxylation is 1. The molecule has 5 heteroatoms. The summed E-state index contributed by atoms with van der Waals surface area (Å²) in [5.74, 6) is -0.739. The standard InChI is InChI=1S/C12H10O5/c1-6-8-4-3-7(13)5-9(8)17-12(15)10(6)11(14)16-2/h3-5,13H,1-2H3. The summed E-state index contributed by atoms with van der Waals surface area (Å²) in [5, 5.41) is 9.87. The van der Waals surface area contributed by atoms with Crippen molar-refractivity contribution in [2.24, 2.45) is 0 Å². The lowest BCUT2D eigenvalue weighted by atomic mass is 10.1. The summed E-state index contributed by atoms with van der Waals surface area (Å²) in [6, 6.07) is 4.36. The van der Waals surface area contributed by atoms with E-state index in [9.17, 15) is 14.7 Å². The summed E-state index contributed by atoms with van der Waals surface area (Å²) < 4.78 is 9.48. The molecule has 17 heavy (non-hydrogen) atoms. The van der Waals surface area contributed by atoms with E-state index in [2.05, 4.69) is 4.74 Å².